The van der Waals surface area contributed by atoms with Crippen LogP contribution in [-0.2, 0) is 19.1 Å². The van der Waals surface area contributed by atoms with E-state index in [0.29, 0.717) is 6.42 Å². The Balaban J connectivity index is 4.66. The van der Waals surface area contributed by atoms with Gasteiger partial charge in [0.2, 0.25) is 4.32 Å². The molecule has 5 heteroatoms. The number of carbonyl (C=O) groups is 2. The van der Waals surface area contributed by atoms with Gasteiger partial charge in [-0.15, -0.1) is 0 Å². The highest BCUT2D eigenvalue weighted by Gasteiger charge is 2.45. The third-order valence-corrected chi connectivity index (χ3v) is 3.37. The van der Waals surface area contributed by atoms with E-state index in [9.17, 15) is 9.59 Å². The SMILES string of the molecule is CCCCCC(Br)(C(=O)OCC)C(=O)OCC. The number of unbranched alkanes of at least 4 members (excludes halogenated alkanes) is 2. The minimum absolute atomic E-state index is 0.249. The number of alkyl halides is 1. The summed E-state index contributed by atoms with van der Waals surface area (Å²) in [6.07, 6.45) is 3.17. The fourth-order valence-electron chi connectivity index (χ4n) is 1.40. The molecule has 0 atom stereocenters. The standard InChI is InChI=1S/C12H21BrO4/c1-4-7-8-9-12(13,10(14)16-5-2)11(15)17-6-3/h4-9H2,1-3H3. The average molecular weight is 309 g/mol. The first-order valence-electron chi connectivity index (χ1n) is 6.06. The summed E-state index contributed by atoms with van der Waals surface area (Å²) < 4.78 is 8.50. The molecule has 0 aliphatic rings. The Morgan fingerprint density at radius 3 is 1.82 bits per heavy atom. The van der Waals surface area contributed by atoms with E-state index in [-0.39, 0.29) is 13.2 Å². The van der Waals surface area contributed by atoms with Crippen molar-refractivity contribution in [1.82, 2.24) is 0 Å². The molecule has 0 amide bonds. The number of hydrogen-bond donors (Lipinski definition) is 0. The molecule has 0 saturated carbocycles. The lowest BCUT2D eigenvalue weighted by molar-refractivity contribution is -0.158. The van der Waals surface area contributed by atoms with Gasteiger partial charge in [-0.3, -0.25) is 0 Å². The summed E-state index contributed by atoms with van der Waals surface area (Å²) in [6.45, 7) is 5.98. The molecule has 0 aromatic carbocycles. The van der Waals surface area contributed by atoms with Gasteiger partial charge in [0, 0.05) is 0 Å². The van der Waals surface area contributed by atoms with Gasteiger partial charge >= 0.3 is 11.9 Å². The molecule has 0 aromatic heterocycles. The van der Waals surface area contributed by atoms with Gasteiger partial charge in [-0.05, 0) is 20.3 Å². The summed E-state index contributed by atoms with van der Waals surface area (Å²) in [5.74, 6) is -1.12. The van der Waals surface area contributed by atoms with Gasteiger partial charge in [-0.2, -0.15) is 0 Å². The lowest BCUT2D eigenvalue weighted by Gasteiger charge is -2.22. The van der Waals surface area contributed by atoms with Gasteiger partial charge < -0.3 is 9.47 Å². The molecular formula is C12H21BrO4. The van der Waals surface area contributed by atoms with E-state index in [2.05, 4.69) is 22.9 Å². The molecular weight excluding hydrogens is 288 g/mol. The quantitative estimate of drug-likeness (QED) is 0.299. The van der Waals surface area contributed by atoms with Crippen LogP contribution in [0.15, 0.2) is 0 Å². The van der Waals surface area contributed by atoms with Crippen molar-refractivity contribution >= 4 is 27.9 Å². The zero-order valence-corrected chi connectivity index (χ0v) is 12.3. The van der Waals surface area contributed by atoms with Crippen molar-refractivity contribution in [2.75, 3.05) is 13.2 Å². The molecule has 100 valence electrons. The third kappa shape index (κ3) is 5.06. The van der Waals surface area contributed by atoms with Gasteiger partial charge in [0.15, 0.2) is 0 Å². The summed E-state index contributed by atoms with van der Waals surface area (Å²) in [7, 11) is 0. The minimum Gasteiger partial charge on any atom is -0.465 e. The van der Waals surface area contributed by atoms with Gasteiger partial charge in [0.25, 0.3) is 0 Å². The first-order valence-corrected chi connectivity index (χ1v) is 6.85. The van der Waals surface area contributed by atoms with Crippen molar-refractivity contribution in [2.24, 2.45) is 0 Å². The average Bonchev–Trinajstić information content (AvgIpc) is 2.29. The molecule has 0 radical (unpaired) electrons. The van der Waals surface area contributed by atoms with E-state index < -0.39 is 16.3 Å². The zero-order valence-electron chi connectivity index (χ0n) is 10.8. The second kappa shape index (κ2) is 8.50. The minimum atomic E-state index is -1.34. The Labute approximate surface area is 111 Å². The second-order valence-corrected chi connectivity index (χ2v) is 5.05. The summed E-state index contributed by atoms with van der Waals surface area (Å²) in [6, 6.07) is 0. The van der Waals surface area contributed by atoms with E-state index in [1.54, 1.807) is 13.8 Å². The van der Waals surface area contributed by atoms with Crippen LogP contribution in [0.2, 0.25) is 0 Å². The van der Waals surface area contributed by atoms with E-state index >= 15 is 0 Å². The summed E-state index contributed by atoms with van der Waals surface area (Å²) in [5.41, 5.74) is 0. The van der Waals surface area contributed by atoms with Crippen molar-refractivity contribution in [3.63, 3.8) is 0 Å². The number of esters is 2. The van der Waals surface area contributed by atoms with Crippen molar-refractivity contribution < 1.29 is 19.1 Å². The van der Waals surface area contributed by atoms with Crippen LogP contribution in [0, 0.1) is 0 Å². The molecule has 0 saturated heterocycles. The Kier molecular flexibility index (Phi) is 8.21. The van der Waals surface area contributed by atoms with E-state index in [1.807, 2.05) is 0 Å². The van der Waals surface area contributed by atoms with Crippen LogP contribution in [0.1, 0.15) is 46.5 Å². The maximum Gasteiger partial charge on any atom is 0.334 e. The monoisotopic (exact) mass is 308 g/mol. The maximum absolute atomic E-state index is 11.8. The number of carbonyl (C=O) groups excluding carboxylic acids is 2. The Morgan fingerprint density at radius 2 is 1.47 bits per heavy atom. The summed E-state index contributed by atoms with van der Waals surface area (Å²) in [5, 5.41) is 0. The zero-order chi connectivity index (χ0) is 13.3. The first-order chi connectivity index (χ1) is 8.02. The molecule has 0 bridgehead atoms. The molecule has 0 fully saturated rings. The predicted octanol–water partition coefficient (Wildman–Crippen LogP) is 2.83. The van der Waals surface area contributed by atoms with Crippen molar-refractivity contribution in [2.45, 2.75) is 50.8 Å². The van der Waals surface area contributed by atoms with Crippen LogP contribution in [0.25, 0.3) is 0 Å². The van der Waals surface area contributed by atoms with Crippen LogP contribution in [0.4, 0.5) is 0 Å². The highest BCUT2D eigenvalue weighted by atomic mass is 79.9. The second-order valence-electron chi connectivity index (χ2n) is 3.70. The van der Waals surface area contributed by atoms with Gasteiger partial charge in [-0.25, -0.2) is 9.59 Å². The van der Waals surface area contributed by atoms with E-state index in [4.69, 9.17) is 9.47 Å². The molecule has 0 aromatic rings. The van der Waals surface area contributed by atoms with Gasteiger partial charge in [0.1, 0.15) is 0 Å². The summed E-state index contributed by atoms with van der Waals surface area (Å²) in [4.78, 5) is 23.6. The third-order valence-electron chi connectivity index (χ3n) is 2.32. The molecule has 0 N–H and O–H groups in total. The Bertz CT molecular complexity index is 235. The fourth-order valence-corrected chi connectivity index (χ4v) is 1.91. The molecule has 0 spiro atoms. The van der Waals surface area contributed by atoms with Crippen LogP contribution in [-0.4, -0.2) is 29.5 Å². The Morgan fingerprint density at radius 1 is 1.00 bits per heavy atom. The maximum atomic E-state index is 11.8. The van der Waals surface area contributed by atoms with Crippen molar-refractivity contribution in [3.05, 3.63) is 0 Å². The van der Waals surface area contributed by atoms with Gasteiger partial charge in [-0.1, -0.05) is 42.1 Å². The van der Waals surface area contributed by atoms with Crippen LogP contribution >= 0.6 is 15.9 Å². The molecule has 0 unspecified atom stereocenters. The Hall–Kier alpha value is -0.580. The molecule has 0 heterocycles. The lowest BCUT2D eigenvalue weighted by Crippen LogP contribution is -2.43. The highest BCUT2D eigenvalue weighted by Crippen LogP contribution is 2.29. The fraction of sp³-hybridized carbons (Fsp3) is 0.833. The normalized spacial score (nSPS) is 11.1. The van der Waals surface area contributed by atoms with Crippen LogP contribution in [0.3, 0.4) is 0 Å². The van der Waals surface area contributed by atoms with Crippen LogP contribution < -0.4 is 0 Å². The lowest BCUT2D eigenvalue weighted by atomic mass is 10.0. The van der Waals surface area contributed by atoms with Crippen LogP contribution in [0.5, 0.6) is 0 Å². The highest BCUT2D eigenvalue weighted by molar-refractivity contribution is 9.10. The first kappa shape index (κ1) is 16.4. The van der Waals surface area contributed by atoms with Crippen molar-refractivity contribution in [3.8, 4) is 0 Å². The van der Waals surface area contributed by atoms with Crippen molar-refractivity contribution in [1.29, 1.82) is 0 Å². The molecule has 0 aliphatic heterocycles. The molecule has 17 heavy (non-hydrogen) atoms. The number of halogens is 1. The van der Waals surface area contributed by atoms with E-state index in [1.165, 1.54) is 0 Å². The number of rotatable bonds is 8. The number of ether oxygens (including phenoxy) is 2. The van der Waals surface area contributed by atoms with Gasteiger partial charge in [0.05, 0.1) is 13.2 Å². The smallest absolute Gasteiger partial charge is 0.334 e. The molecule has 0 aliphatic carbocycles. The summed E-state index contributed by atoms with van der Waals surface area (Å²) >= 11 is 3.20. The predicted molar refractivity (Wildman–Crippen MR) is 69.1 cm³/mol. The molecule has 4 nitrogen and oxygen atoms in total. The van der Waals surface area contributed by atoms with E-state index in [0.717, 1.165) is 19.3 Å². The number of hydrogen-bond acceptors (Lipinski definition) is 4. The molecule has 0 rings (SSSR count). The topological polar surface area (TPSA) is 52.6 Å². The largest absolute Gasteiger partial charge is 0.465 e.